The molecule has 0 bridgehead atoms. The van der Waals surface area contributed by atoms with Gasteiger partial charge in [-0.15, -0.1) is 11.8 Å². The molecular formula is C14H16F2O2S. The molecule has 0 aliphatic carbocycles. The van der Waals surface area contributed by atoms with Gasteiger partial charge in [-0.25, -0.2) is 8.78 Å². The summed E-state index contributed by atoms with van der Waals surface area (Å²) in [5.74, 6) is -2.10. The number of rotatable bonds is 4. The summed E-state index contributed by atoms with van der Waals surface area (Å²) in [5, 5.41) is -0.0109. The first-order chi connectivity index (χ1) is 8.99. The first-order valence-corrected chi connectivity index (χ1v) is 7.19. The highest BCUT2D eigenvalue weighted by Crippen LogP contribution is 2.31. The topological polar surface area (TPSA) is 26.3 Å². The Hall–Kier alpha value is -0.940. The molecule has 5 heteroatoms. The zero-order valence-electron chi connectivity index (χ0n) is 10.9. The van der Waals surface area contributed by atoms with Crippen molar-refractivity contribution in [2.75, 3.05) is 6.61 Å². The van der Waals surface area contributed by atoms with Gasteiger partial charge in [0.2, 0.25) is 0 Å². The minimum atomic E-state index is -0.986. The molecule has 1 aliphatic heterocycles. The maximum Gasteiger partial charge on any atom is 0.175 e. The van der Waals surface area contributed by atoms with Gasteiger partial charge in [0.15, 0.2) is 17.4 Å². The molecule has 1 aromatic rings. The van der Waals surface area contributed by atoms with Crippen LogP contribution in [-0.2, 0) is 4.74 Å². The molecule has 0 amide bonds. The molecular weight excluding hydrogens is 270 g/mol. The number of carbonyl (C=O) groups is 1. The van der Waals surface area contributed by atoms with Crippen molar-refractivity contribution >= 4 is 17.5 Å². The van der Waals surface area contributed by atoms with Crippen LogP contribution < -0.4 is 0 Å². The van der Waals surface area contributed by atoms with Crippen LogP contribution in [0.4, 0.5) is 8.78 Å². The monoisotopic (exact) mass is 286 g/mol. The minimum Gasteiger partial charge on any atom is -0.377 e. The van der Waals surface area contributed by atoms with Crippen molar-refractivity contribution in [3.63, 3.8) is 0 Å². The second kappa shape index (κ2) is 6.01. The standard InChI is InChI=1S/C14H16F2O2S/c1-8-13(5-6-18-8)19-9(2)14(17)10-3-4-11(15)12(16)7-10/h3-4,7-9,13H,5-6H2,1-2H3. The van der Waals surface area contributed by atoms with E-state index in [0.29, 0.717) is 6.61 Å². The summed E-state index contributed by atoms with van der Waals surface area (Å²) in [6.07, 6.45) is 1.05. The lowest BCUT2D eigenvalue weighted by Gasteiger charge is -2.18. The van der Waals surface area contributed by atoms with Crippen LogP contribution >= 0.6 is 11.8 Å². The molecule has 0 N–H and O–H groups in total. The second-order valence-corrected chi connectivity index (χ2v) is 6.26. The summed E-state index contributed by atoms with van der Waals surface area (Å²) < 4.78 is 31.4. The smallest absolute Gasteiger partial charge is 0.175 e. The molecule has 0 saturated carbocycles. The van der Waals surface area contributed by atoms with Gasteiger partial charge in [0.05, 0.1) is 11.4 Å². The van der Waals surface area contributed by atoms with Gasteiger partial charge in [-0.1, -0.05) is 0 Å². The Bertz CT molecular complexity index is 479. The fourth-order valence-corrected chi connectivity index (χ4v) is 3.42. The Kier molecular flexibility index (Phi) is 4.58. The molecule has 0 aromatic heterocycles. The van der Waals surface area contributed by atoms with Crippen molar-refractivity contribution in [2.24, 2.45) is 0 Å². The van der Waals surface area contributed by atoms with Crippen molar-refractivity contribution in [3.05, 3.63) is 35.4 Å². The number of ether oxygens (including phenoxy) is 1. The van der Waals surface area contributed by atoms with Gasteiger partial charge in [0, 0.05) is 17.4 Å². The number of Topliss-reactive ketones (excluding diaryl/α,β-unsaturated/α-hetero) is 1. The predicted octanol–water partition coefficient (Wildman–Crippen LogP) is 3.45. The van der Waals surface area contributed by atoms with Crippen LogP contribution in [-0.4, -0.2) is 29.0 Å². The van der Waals surface area contributed by atoms with E-state index in [9.17, 15) is 13.6 Å². The summed E-state index contributed by atoms with van der Waals surface area (Å²) in [5.41, 5.74) is 0.213. The quantitative estimate of drug-likeness (QED) is 0.793. The number of hydrogen-bond donors (Lipinski definition) is 0. The SMILES string of the molecule is CC(SC1CCOC1C)C(=O)c1ccc(F)c(F)c1. The van der Waals surface area contributed by atoms with Gasteiger partial charge in [-0.2, -0.15) is 0 Å². The molecule has 0 radical (unpaired) electrons. The molecule has 3 atom stereocenters. The third-order valence-corrected chi connectivity index (χ3v) is 4.85. The average Bonchev–Trinajstić information content (AvgIpc) is 2.77. The maximum atomic E-state index is 13.1. The largest absolute Gasteiger partial charge is 0.377 e. The molecule has 1 heterocycles. The van der Waals surface area contributed by atoms with E-state index in [1.165, 1.54) is 17.8 Å². The molecule has 1 saturated heterocycles. The summed E-state index contributed by atoms with van der Waals surface area (Å²) >= 11 is 1.54. The van der Waals surface area contributed by atoms with Gasteiger partial charge in [0.1, 0.15) is 0 Å². The van der Waals surface area contributed by atoms with Crippen LogP contribution in [0.2, 0.25) is 0 Å². The van der Waals surface area contributed by atoms with E-state index >= 15 is 0 Å². The number of carbonyl (C=O) groups excluding carboxylic acids is 1. The lowest BCUT2D eigenvalue weighted by Crippen LogP contribution is -2.22. The maximum absolute atomic E-state index is 13.1. The third-order valence-electron chi connectivity index (χ3n) is 3.26. The highest BCUT2D eigenvalue weighted by Gasteiger charge is 2.29. The molecule has 2 rings (SSSR count). The lowest BCUT2D eigenvalue weighted by atomic mass is 10.1. The van der Waals surface area contributed by atoms with Crippen LogP contribution in [0, 0.1) is 11.6 Å². The van der Waals surface area contributed by atoms with E-state index in [-0.39, 0.29) is 28.0 Å². The first kappa shape index (κ1) is 14.5. The lowest BCUT2D eigenvalue weighted by molar-refractivity contribution is 0.0993. The fourth-order valence-electron chi connectivity index (χ4n) is 2.10. The third kappa shape index (κ3) is 3.34. The number of hydrogen-bond acceptors (Lipinski definition) is 3. The molecule has 1 aromatic carbocycles. The predicted molar refractivity (Wildman–Crippen MR) is 71.6 cm³/mol. The van der Waals surface area contributed by atoms with Crippen molar-refractivity contribution < 1.29 is 18.3 Å². The summed E-state index contributed by atoms with van der Waals surface area (Å²) in [4.78, 5) is 12.2. The van der Waals surface area contributed by atoms with Gasteiger partial charge < -0.3 is 4.74 Å². The highest BCUT2D eigenvalue weighted by molar-refractivity contribution is 8.01. The Labute approximate surface area is 115 Å². The molecule has 19 heavy (non-hydrogen) atoms. The van der Waals surface area contributed by atoms with Gasteiger partial charge in [-0.05, 0) is 38.5 Å². The zero-order chi connectivity index (χ0) is 14.0. The summed E-state index contributed by atoms with van der Waals surface area (Å²) in [6.45, 7) is 4.49. The van der Waals surface area contributed by atoms with E-state index < -0.39 is 11.6 Å². The normalized spacial score (nSPS) is 24.4. The van der Waals surface area contributed by atoms with Crippen LogP contribution in [0.25, 0.3) is 0 Å². The zero-order valence-corrected chi connectivity index (χ0v) is 11.7. The van der Waals surface area contributed by atoms with Gasteiger partial charge in [0.25, 0.3) is 0 Å². The van der Waals surface area contributed by atoms with E-state index in [1.54, 1.807) is 6.92 Å². The molecule has 0 spiro atoms. The van der Waals surface area contributed by atoms with E-state index in [4.69, 9.17) is 4.74 Å². The summed E-state index contributed by atoms with van der Waals surface area (Å²) in [6, 6.07) is 3.27. The number of ketones is 1. The number of thioether (sulfide) groups is 1. The van der Waals surface area contributed by atoms with Gasteiger partial charge in [-0.3, -0.25) is 4.79 Å². The van der Waals surface area contributed by atoms with Crippen LogP contribution in [0.15, 0.2) is 18.2 Å². The molecule has 1 fully saturated rings. The van der Waals surface area contributed by atoms with Crippen molar-refractivity contribution in [1.29, 1.82) is 0 Å². The Morgan fingerprint density at radius 1 is 1.42 bits per heavy atom. The Balaban J connectivity index is 2.03. The average molecular weight is 286 g/mol. The molecule has 3 unspecified atom stereocenters. The van der Waals surface area contributed by atoms with E-state index in [1.807, 2.05) is 6.92 Å². The number of halogens is 2. The van der Waals surface area contributed by atoms with Gasteiger partial charge >= 0.3 is 0 Å². The van der Waals surface area contributed by atoms with Crippen molar-refractivity contribution in [1.82, 2.24) is 0 Å². The second-order valence-electron chi connectivity index (χ2n) is 4.67. The van der Waals surface area contributed by atoms with Crippen LogP contribution in [0.3, 0.4) is 0 Å². The minimum absolute atomic E-state index is 0.130. The molecule has 104 valence electrons. The van der Waals surface area contributed by atoms with Crippen LogP contribution in [0.5, 0.6) is 0 Å². The van der Waals surface area contributed by atoms with Crippen LogP contribution in [0.1, 0.15) is 30.6 Å². The number of benzene rings is 1. The molecule has 2 nitrogen and oxygen atoms in total. The van der Waals surface area contributed by atoms with E-state index in [2.05, 4.69) is 0 Å². The molecule has 1 aliphatic rings. The van der Waals surface area contributed by atoms with Crippen molar-refractivity contribution in [3.8, 4) is 0 Å². The van der Waals surface area contributed by atoms with Crippen molar-refractivity contribution in [2.45, 2.75) is 36.9 Å². The Morgan fingerprint density at radius 2 is 2.16 bits per heavy atom. The summed E-state index contributed by atoms with van der Waals surface area (Å²) in [7, 11) is 0. The fraction of sp³-hybridized carbons (Fsp3) is 0.500. The highest BCUT2D eigenvalue weighted by atomic mass is 32.2. The van der Waals surface area contributed by atoms with E-state index in [0.717, 1.165) is 18.6 Å². The first-order valence-electron chi connectivity index (χ1n) is 6.25. The Morgan fingerprint density at radius 3 is 2.74 bits per heavy atom.